The maximum Gasteiger partial charge on any atom is 0.148 e. The monoisotopic (exact) mass is 359 g/mol. The maximum atomic E-state index is 14.3. The van der Waals surface area contributed by atoms with Crippen molar-refractivity contribution in [2.75, 3.05) is 7.05 Å². The van der Waals surface area contributed by atoms with Crippen molar-refractivity contribution in [2.24, 2.45) is 0 Å². The number of nitrogens with one attached hydrogen (secondary N) is 1. The summed E-state index contributed by atoms with van der Waals surface area (Å²) in [6, 6.07) is 7.71. The van der Waals surface area contributed by atoms with Crippen LogP contribution in [0.1, 0.15) is 22.7 Å². The molecule has 0 radical (unpaired) electrons. The summed E-state index contributed by atoms with van der Waals surface area (Å²) in [6.07, 6.45) is 0. The van der Waals surface area contributed by atoms with E-state index in [-0.39, 0.29) is 10.8 Å². The first kappa shape index (κ1) is 15.4. The molecule has 0 saturated carbocycles. The van der Waals surface area contributed by atoms with Crippen molar-refractivity contribution in [1.29, 1.82) is 0 Å². The number of rotatable bonds is 3. The molecule has 20 heavy (non-hydrogen) atoms. The van der Waals surface area contributed by atoms with Gasteiger partial charge in [0.15, 0.2) is 0 Å². The van der Waals surface area contributed by atoms with E-state index in [1.54, 1.807) is 44.3 Å². The highest BCUT2D eigenvalue weighted by Gasteiger charge is 2.22. The molecular weight excluding hydrogens is 348 g/mol. The number of benzene rings is 2. The van der Waals surface area contributed by atoms with E-state index in [0.717, 1.165) is 0 Å². The zero-order valence-corrected chi connectivity index (χ0v) is 13.3. The van der Waals surface area contributed by atoms with Gasteiger partial charge in [-0.1, -0.05) is 35.9 Å². The molecule has 0 aliphatic heterocycles. The van der Waals surface area contributed by atoms with Crippen molar-refractivity contribution >= 4 is 27.5 Å². The first-order chi connectivity index (χ1) is 9.47. The van der Waals surface area contributed by atoms with Crippen LogP contribution in [-0.2, 0) is 0 Å². The molecule has 1 unspecified atom stereocenters. The molecule has 0 aliphatic rings. The summed E-state index contributed by atoms with van der Waals surface area (Å²) in [5.41, 5.74) is 1.22. The van der Waals surface area contributed by atoms with E-state index in [1.165, 1.54) is 0 Å². The molecule has 0 saturated heterocycles. The molecule has 5 heteroatoms. The number of hydrogen-bond acceptors (Lipinski definition) is 1. The van der Waals surface area contributed by atoms with Gasteiger partial charge in [-0.25, -0.2) is 8.78 Å². The topological polar surface area (TPSA) is 12.0 Å². The second-order valence-electron chi connectivity index (χ2n) is 4.46. The van der Waals surface area contributed by atoms with E-state index in [1.807, 2.05) is 0 Å². The average molecular weight is 361 g/mol. The van der Waals surface area contributed by atoms with Crippen molar-refractivity contribution < 1.29 is 8.78 Å². The van der Waals surface area contributed by atoms with E-state index < -0.39 is 11.9 Å². The van der Waals surface area contributed by atoms with Crippen molar-refractivity contribution in [3.8, 4) is 0 Å². The Morgan fingerprint density at radius 3 is 2.40 bits per heavy atom. The summed E-state index contributed by atoms with van der Waals surface area (Å²) in [5.74, 6) is -0.897. The molecule has 1 atom stereocenters. The number of hydrogen-bond donors (Lipinski definition) is 1. The molecule has 2 rings (SSSR count). The Morgan fingerprint density at radius 2 is 1.75 bits per heavy atom. The Morgan fingerprint density at radius 1 is 1.10 bits per heavy atom. The predicted molar refractivity (Wildman–Crippen MR) is 81.1 cm³/mol. The summed E-state index contributed by atoms with van der Waals surface area (Å²) < 4.78 is 29.0. The van der Waals surface area contributed by atoms with Gasteiger partial charge in [0.05, 0.1) is 11.1 Å². The van der Waals surface area contributed by atoms with Gasteiger partial charge in [-0.2, -0.15) is 0 Å². The Labute approximate surface area is 130 Å². The lowest BCUT2D eigenvalue weighted by atomic mass is 9.96. The average Bonchev–Trinajstić information content (AvgIpc) is 2.44. The summed E-state index contributed by atoms with van der Waals surface area (Å²) in [7, 11) is 1.65. The molecular formula is C15H13BrClF2N. The highest BCUT2D eigenvalue weighted by molar-refractivity contribution is 9.10. The third-order valence-corrected chi connectivity index (χ3v) is 4.46. The minimum absolute atomic E-state index is 0.00388. The van der Waals surface area contributed by atoms with Crippen LogP contribution in [0, 0.1) is 18.6 Å². The second kappa shape index (κ2) is 6.20. The maximum absolute atomic E-state index is 14.3. The van der Waals surface area contributed by atoms with Gasteiger partial charge in [0.25, 0.3) is 0 Å². The normalized spacial score (nSPS) is 12.5. The Hall–Kier alpha value is -0.970. The van der Waals surface area contributed by atoms with Crippen LogP contribution in [0.25, 0.3) is 0 Å². The van der Waals surface area contributed by atoms with Gasteiger partial charge in [0.2, 0.25) is 0 Å². The van der Waals surface area contributed by atoms with Crippen LogP contribution in [-0.4, -0.2) is 7.05 Å². The fraction of sp³-hybridized carbons (Fsp3) is 0.200. The Balaban J connectivity index is 2.59. The fourth-order valence-corrected chi connectivity index (χ4v) is 2.61. The number of aryl methyl sites for hydroxylation is 1. The summed E-state index contributed by atoms with van der Waals surface area (Å²) in [6.45, 7) is 1.68. The third kappa shape index (κ3) is 2.73. The summed E-state index contributed by atoms with van der Waals surface area (Å²) in [5, 5.41) is 2.93. The van der Waals surface area contributed by atoms with Gasteiger partial charge in [0.1, 0.15) is 11.6 Å². The van der Waals surface area contributed by atoms with E-state index in [0.29, 0.717) is 21.2 Å². The summed E-state index contributed by atoms with van der Waals surface area (Å²) >= 11 is 9.07. The van der Waals surface area contributed by atoms with Crippen LogP contribution >= 0.6 is 27.5 Å². The summed E-state index contributed by atoms with van der Waals surface area (Å²) in [4.78, 5) is 0. The Bertz CT molecular complexity index is 646. The van der Waals surface area contributed by atoms with Crippen LogP contribution in [0.4, 0.5) is 8.78 Å². The van der Waals surface area contributed by atoms with Gasteiger partial charge >= 0.3 is 0 Å². The van der Waals surface area contributed by atoms with Crippen LogP contribution in [0.3, 0.4) is 0 Å². The zero-order chi connectivity index (χ0) is 14.9. The van der Waals surface area contributed by atoms with Crippen LogP contribution in [0.2, 0.25) is 5.02 Å². The van der Waals surface area contributed by atoms with Crippen LogP contribution < -0.4 is 5.32 Å². The first-order valence-electron chi connectivity index (χ1n) is 6.03. The lowest BCUT2D eigenvalue weighted by Gasteiger charge is -2.20. The first-order valence-corrected chi connectivity index (χ1v) is 7.20. The van der Waals surface area contributed by atoms with E-state index >= 15 is 0 Å². The molecule has 1 nitrogen and oxygen atoms in total. The molecule has 0 heterocycles. The van der Waals surface area contributed by atoms with Gasteiger partial charge in [-0.15, -0.1) is 0 Å². The molecule has 0 spiro atoms. The van der Waals surface area contributed by atoms with E-state index in [2.05, 4.69) is 21.2 Å². The molecule has 1 N–H and O–H groups in total. The predicted octanol–water partition coefficient (Wildman–Crippen LogP) is 5.00. The van der Waals surface area contributed by atoms with Crippen molar-refractivity contribution in [2.45, 2.75) is 13.0 Å². The van der Waals surface area contributed by atoms with Crippen LogP contribution in [0.5, 0.6) is 0 Å². The molecule has 0 aliphatic carbocycles. The minimum Gasteiger partial charge on any atom is -0.309 e. The van der Waals surface area contributed by atoms with Crippen LogP contribution in [0.15, 0.2) is 34.8 Å². The van der Waals surface area contributed by atoms with Crippen molar-refractivity contribution in [1.82, 2.24) is 5.32 Å². The lowest BCUT2D eigenvalue weighted by molar-refractivity contribution is 0.543. The lowest BCUT2D eigenvalue weighted by Crippen LogP contribution is -2.20. The van der Waals surface area contributed by atoms with Crippen molar-refractivity contribution in [3.05, 3.63) is 68.2 Å². The smallest absolute Gasteiger partial charge is 0.148 e. The SMILES string of the molecule is CNC(c1cccc(C)c1F)c1ccc(Br)c(Cl)c1F. The molecule has 2 aromatic carbocycles. The van der Waals surface area contributed by atoms with Gasteiger partial charge in [-0.05, 0) is 41.5 Å². The standard InChI is InChI=1S/C15H13BrClF2N/c1-8-4-3-5-9(13(8)18)15(20-2)10-6-7-11(16)12(17)14(10)19/h3-7,15,20H,1-2H3. The highest BCUT2D eigenvalue weighted by atomic mass is 79.9. The number of halogens is 4. The zero-order valence-electron chi connectivity index (χ0n) is 11.0. The highest BCUT2D eigenvalue weighted by Crippen LogP contribution is 2.33. The van der Waals surface area contributed by atoms with Gasteiger partial charge in [-0.3, -0.25) is 0 Å². The fourth-order valence-electron chi connectivity index (χ4n) is 2.14. The molecule has 0 fully saturated rings. The van der Waals surface area contributed by atoms with Crippen molar-refractivity contribution in [3.63, 3.8) is 0 Å². The van der Waals surface area contributed by atoms with Gasteiger partial charge < -0.3 is 5.32 Å². The van der Waals surface area contributed by atoms with Gasteiger partial charge in [0, 0.05) is 15.6 Å². The molecule has 2 aromatic rings. The van der Waals surface area contributed by atoms with E-state index in [9.17, 15) is 8.78 Å². The quantitative estimate of drug-likeness (QED) is 0.760. The largest absolute Gasteiger partial charge is 0.309 e. The third-order valence-electron chi connectivity index (χ3n) is 3.20. The molecule has 0 amide bonds. The second-order valence-corrected chi connectivity index (χ2v) is 5.70. The molecule has 106 valence electrons. The molecule has 0 aromatic heterocycles. The Kier molecular flexibility index (Phi) is 4.78. The molecule has 0 bridgehead atoms. The minimum atomic E-state index is -0.597. The van der Waals surface area contributed by atoms with E-state index in [4.69, 9.17) is 11.6 Å².